The van der Waals surface area contributed by atoms with Crippen molar-refractivity contribution in [3.05, 3.63) is 75.9 Å². The predicted octanol–water partition coefficient (Wildman–Crippen LogP) is 4.71. The van der Waals surface area contributed by atoms with Crippen LogP contribution < -0.4 is 5.32 Å². The van der Waals surface area contributed by atoms with Crippen LogP contribution in [0.15, 0.2) is 48.5 Å². The number of halogens is 1. The van der Waals surface area contributed by atoms with Crippen LogP contribution in [0, 0.1) is 6.92 Å². The molecule has 0 spiro atoms. The Morgan fingerprint density at radius 1 is 1.25 bits per heavy atom. The Bertz CT molecular complexity index is 1070. The minimum absolute atomic E-state index is 0.0969. The summed E-state index contributed by atoms with van der Waals surface area (Å²) in [6.07, 6.45) is 1.04. The van der Waals surface area contributed by atoms with Gasteiger partial charge in [0.2, 0.25) is 5.91 Å². The molecule has 1 atom stereocenters. The molecule has 142 valence electrons. The van der Waals surface area contributed by atoms with E-state index >= 15 is 0 Å². The van der Waals surface area contributed by atoms with Crippen molar-refractivity contribution in [1.82, 2.24) is 9.78 Å². The Morgan fingerprint density at radius 3 is 2.68 bits per heavy atom. The highest BCUT2D eigenvalue weighted by molar-refractivity contribution is 6.31. The van der Waals surface area contributed by atoms with Gasteiger partial charge in [0.15, 0.2) is 5.78 Å². The third kappa shape index (κ3) is 3.22. The summed E-state index contributed by atoms with van der Waals surface area (Å²) in [6, 6.07) is 14.9. The molecule has 0 radical (unpaired) electrons. The summed E-state index contributed by atoms with van der Waals surface area (Å²) in [7, 11) is 0. The van der Waals surface area contributed by atoms with Gasteiger partial charge >= 0.3 is 0 Å². The second-order valence-corrected chi connectivity index (χ2v) is 7.40. The van der Waals surface area contributed by atoms with Crippen LogP contribution in [0.4, 0.5) is 5.82 Å². The fraction of sp³-hybridized carbons (Fsp3) is 0.227. The summed E-state index contributed by atoms with van der Waals surface area (Å²) < 4.78 is 1.71. The van der Waals surface area contributed by atoms with Gasteiger partial charge < -0.3 is 5.32 Å². The number of hydrogen-bond donors (Lipinski definition) is 1. The maximum absolute atomic E-state index is 13.2. The predicted molar refractivity (Wildman–Crippen MR) is 109 cm³/mol. The van der Waals surface area contributed by atoms with Crippen LogP contribution in [0.1, 0.15) is 46.4 Å². The van der Waals surface area contributed by atoms with E-state index in [1.54, 1.807) is 28.9 Å². The van der Waals surface area contributed by atoms with Gasteiger partial charge in [0.25, 0.3) is 0 Å². The summed E-state index contributed by atoms with van der Waals surface area (Å²) >= 11 is 6.05. The van der Waals surface area contributed by atoms with Gasteiger partial charge in [0.05, 0.1) is 17.3 Å². The minimum atomic E-state index is -0.578. The van der Waals surface area contributed by atoms with Crippen LogP contribution in [0.25, 0.3) is 5.69 Å². The fourth-order valence-electron chi connectivity index (χ4n) is 3.67. The van der Waals surface area contributed by atoms with E-state index in [1.165, 1.54) is 5.56 Å². The number of nitrogens with one attached hydrogen (secondary N) is 1. The zero-order chi connectivity index (χ0) is 19.8. The molecule has 0 saturated heterocycles. The molecular formula is C22H20ClN3O2. The van der Waals surface area contributed by atoms with Crippen LogP contribution in [0.5, 0.6) is 0 Å². The first-order valence-electron chi connectivity index (χ1n) is 9.26. The number of aromatic nitrogens is 2. The number of hydrogen-bond acceptors (Lipinski definition) is 3. The fourth-order valence-corrected chi connectivity index (χ4v) is 3.86. The number of nitrogens with zero attached hydrogens (tertiary/aromatic N) is 2. The molecule has 3 aromatic rings. The lowest BCUT2D eigenvalue weighted by molar-refractivity contribution is -0.116. The average molecular weight is 394 g/mol. The van der Waals surface area contributed by atoms with Crippen LogP contribution >= 0.6 is 11.6 Å². The summed E-state index contributed by atoms with van der Waals surface area (Å²) in [5.41, 5.74) is 4.06. The molecule has 2 aromatic carbocycles. The van der Waals surface area contributed by atoms with E-state index in [2.05, 4.69) is 17.3 Å². The Balaban J connectivity index is 1.79. The van der Waals surface area contributed by atoms with Gasteiger partial charge in [-0.05, 0) is 43.2 Å². The first kappa shape index (κ1) is 18.4. The van der Waals surface area contributed by atoms with Gasteiger partial charge in [-0.15, -0.1) is 0 Å². The SMILES string of the molecule is CCc1ccc(-n2nc(C)c3c2NC(=O)CC3C(=O)c2cccc(Cl)c2)cc1. The highest BCUT2D eigenvalue weighted by Gasteiger charge is 2.36. The van der Waals surface area contributed by atoms with Crippen molar-refractivity contribution in [3.8, 4) is 5.69 Å². The molecule has 1 aliphatic rings. The number of amides is 1. The summed E-state index contributed by atoms with van der Waals surface area (Å²) in [6.45, 7) is 3.96. The Kier molecular flexibility index (Phi) is 4.77. The lowest BCUT2D eigenvalue weighted by Gasteiger charge is -2.23. The molecule has 1 aliphatic heterocycles. The Hall–Kier alpha value is -2.92. The number of carbonyl (C=O) groups excluding carboxylic acids is 2. The van der Waals surface area contributed by atoms with Crippen molar-refractivity contribution >= 4 is 29.1 Å². The second kappa shape index (κ2) is 7.24. The van der Waals surface area contributed by atoms with E-state index in [-0.39, 0.29) is 18.1 Å². The average Bonchev–Trinajstić information content (AvgIpc) is 3.03. The number of rotatable bonds is 4. The number of anilines is 1. The molecule has 28 heavy (non-hydrogen) atoms. The number of ketones is 1. The van der Waals surface area contributed by atoms with Gasteiger partial charge in [0.1, 0.15) is 5.82 Å². The molecule has 1 N–H and O–H groups in total. The van der Waals surface area contributed by atoms with Crippen molar-refractivity contribution in [2.45, 2.75) is 32.6 Å². The molecule has 0 fully saturated rings. The normalized spacial score (nSPS) is 15.8. The molecule has 0 aliphatic carbocycles. The van der Waals surface area contributed by atoms with Gasteiger partial charge in [0, 0.05) is 22.6 Å². The number of aryl methyl sites for hydroxylation is 2. The number of carbonyl (C=O) groups is 2. The molecule has 1 aromatic heterocycles. The lowest BCUT2D eigenvalue weighted by Crippen LogP contribution is -2.28. The topological polar surface area (TPSA) is 64.0 Å². The van der Waals surface area contributed by atoms with Crippen LogP contribution in [-0.2, 0) is 11.2 Å². The van der Waals surface area contributed by atoms with E-state index in [1.807, 2.05) is 31.2 Å². The summed E-state index contributed by atoms with van der Waals surface area (Å²) in [5.74, 6) is -0.328. The molecule has 1 unspecified atom stereocenters. The van der Waals surface area contributed by atoms with E-state index in [0.717, 1.165) is 23.4 Å². The minimum Gasteiger partial charge on any atom is -0.310 e. The van der Waals surface area contributed by atoms with Crippen molar-refractivity contribution in [2.75, 3.05) is 5.32 Å². The van der Waals surface area contributed by atoms with Gasteiger partial charge in [-0.2, -0.15) is 5.10 Å². The third-order valence-corrected chi connectivity index (χ3v) is 5.35. The monoisotopic (exact) mass is 393 g/mol. The van der Waals surface area contributed by atoms with E-state index < -0.39 is 5.92 Å². The van der Waals surface area contributed by atoms with Gasteiger partial charge in [-0.25, -0.2) is 4.68 Å². The molecule has 0 bridgehead atoms. The van der Waals surface area contributed by atoms with Crippen molar-refractivity contribution < 1.29 is 9.59 Å². The lowest BCUT2D eigenvalue weighted by atomic mass is 9.85. The molecule has 1 amide bonds. The summed E-state index contributed by atoms with van der Waals surface area (Å²) in [5, 5.41) is 8.02. The quantitative estimate of drug-likeness (QED) is 0.653. The van der Waals surface area contributed by atoms with Gasteiger partial charge in [-0.3, -0.25) is 9.59 Å². The first-order valence-corrected chi connectivity index (χ1v) is 9.64. The van der Waals surface area contributed by atoms with E-state index in [9.17, 15) is 9.59 Å². The third-order valence-electron chi connectivity index (χ3n) is 5.12. The Morgan fingerprint density at radius 2 is 2.00 bits per heavy atom. The first-order chi connectivity index (χ1) is 13.5. The largest absolute Gasteiger partial charge is 0.310 e. The van der Waals surface area contributed by atoms with E-state index in [4.69, 9.17) is 11.6 Å². The number of benzene rings is 2. The van der Waals surface area contributed by atoms with Crippen LogP contribution in [0.2, 0.25) is 5.02 Å². The molecular weight excluding hydrogens is 374 g/mol. The highest BCUT2D eigenvalue weighted by Crippen LogP contribution is 2.38. The maximum atomic E-state index is 13.2. The van der Waals surface area contributed by atoms with Crippen LogP contribution in [0.3, 0.4) is 0 Å². The zero-order valence-electron chi connectivity index (χ0n) is 15.7. The second-order valence-electron chi connectivity index (χ2n) is 6.96. The molecule has 5 nitrogen and oxygen atoms in total. The zero-order valence-corrected chi connectivity index (χ0v) is 16.5. The van der Waals surface area contributed by atoms with Crippen molar-refractivity contribution in [1.29, 1.82) is 0 Å². The van der Waals surface area contributed by atoms with E-state index in [0.29, 0.717) is 16.4 Å². The molecule has 0 saturated carbocycles. The summed E-state index contributed by atoms with van der Waals surface area (Å²) in [4.78, 5) is 25.6. The van der Waals surface area contributed by atoms with Crippen molar-refractivity contribution in [2.24, 2.45) is 0 Å². The smallest absolute Gasteiger partial charge is 0.226 e. The molecule has 6 heteroatoms. The highest BCUT2D eigenvalue weighted by atomic mass is 35.5. The van der Waals surface area contributed by atoms with Crippen molar-refractivity contribution in [3.63, 3.8) is 0 Å². The molecule has 2 heterocycles. The number of Topliss-reactive ketones (excluding diaryl/α,β-unsaturated/α-hetero) is 1. The van der Waals surface area contributed by atoms with Gasteiger partial charge in [-0.1, -0.05) is 42.8 Å². The molecule has 4 rings (SSSR count). The standard InChI is InChI=1S/C22H20ClN3O2/c1-3-14-7-9-17(10-8-14)26-22-20(13(2)25-26)18(12-19(27)24-22)21(28)15-5-4-6-16(23)11-15/h4-11,18H,3,12H2,1-2H3,(H,24,27). The number of fused-ring (bicyclic) bond motifs is 1. The maximum Gasteiger partial charge on any atom is 0.226 e. The van der Waals surface area contributed by atoms with Crippen LogP contribution in [-0.4, -0.2) is 21.5 Å². The Labute approximate surface area is 168 Å².